The molecule has 0 atom stereocenters. The van der Waals surface area contributed by atoms with Gasteiger partial charge >= 0.3 is 0 Å². The standard InChI is InChI=1S/C21H18FN7O/c1-14-13-20(29(28-14)17-5-3-2-4-6-17)23-18-11-12-19(25-24-18)26-27-21(30)15-7-9-16(22)10-8-15/h2-13H,1H3,(H,23,24)(H,25,26)(H,27,30). The van der Waals surface area contributed by atoms with Crippen LogP contribution in [0.2, 0.25) is 0 Å². The van der Waals surface area contributed by atoms with E-state index >= 15 is 0 Å². The number of para-hydroxylation sites is 1. The van der Waals surface area contributed by atoms with Gasteiger partial charge in [0.15, 0.2) is 11.6 Å². The molecule has 0 aliphatic heterocycles. The Balaban J connectivity index is 1.41. The molecule has 2 aromatic heterocycles. The zero-order chi connectivity index (χ0) is 20.9. The quantitative estimate of drug-likeness (QED) is 0.426. The lowest BCUT2D eigenvalue weighted by Gasteiger charge is -2.10. The number of hydrogen-bond donors (Lipinski definition) is 3. The Morgan fingerprint density at radius 2 is 1.63 bits per heavy atom. The minimum atomic E-state index is -0.416. The lowest BCUT2D eigenvalue weighted by molar-refractivity contribution is 0.0962. The maximum absolute atomic E-state index is 12.9. The number of nitrogens with zero attached hydrogens (tertiary/aromatic N) is 4. The summed E-state index contributed by atoms with van der Waals surface area (Å²) in [4.78, 5) is 12.0. The minimum absolute atomic E-state index is 0.319. The van der Waals surface area contributed by atoms with E-state index in [1.165, 1.54) is 24.3 Å². The molecule has 150 valence electrons. The van der Waals surface area contributed by atoms with Crippen molar-refractivity contribution in [3.63, 3.8) is 0 Å². The second kappa shape index (κ2) is 8.39. The molecule has 0 saturated heterocycles. The molecule has 0 radical (unpaired) electrons. The van der Waals surface area contributed by atoms with Crippen molar-refractivity contribution >= 4 is 23.4 Å². The van der Waals surface area contributed by atoms with Crippen molar-refractivity contribution < 1.29 is 9.18 Å². The zero-order valence-electron chi connectivity index (χ0n) is 16.0. The van der Waals surface area contributed by atoms with Crippen molar-refractivity contribution in [1.29, 1.82) is 0 Å². The Morgan fingerprint density at radius 1 is 0.933 bits per heavy atom. The first-order chi connectivity index (χ1) is 14.6. The van der Waals surface area contributed by atoms with Crippen molar-refractivity contribution in [3.05, 3.63) is 89.9 Å². The fraction of sp³-hybridized carbons (Fsp3) is 0.0476. The molecule has 30 heavy (non-hydrogen) atoms. The molecule has 0 aliphatic rings. The number of carbonyl (C=O) groups excluding carboxylic acids is 1. The molecular weight excluding hydrogens is 385 g/mol. The van der Waals surface area contributed by atoms with E-state index in [1.54, 1.807) is 16.8 Å². The molecule has 8 nitrogen and oxygen atoms in total. The monoisotopic (exact) mass is 403 g/mol. The highest BCUT2D eigenvalue weighted by molar-refractivity contribution is 5.94. The molecule has 1 amide bonds. The predicted octanol–water partition coefficient (Wildman–Crippen LogP) is 3.61. The van der Waals surface area contributed by atoms with Gasteiger partial charge in [-0.2, -0.15) is 5.10 Å². The Labute approximate surface area is 171 Å². The summed E-state index contributed by atoms with van der Waals surface area (Å²) < 4.78 is 14.7. The van der Waals surface area contributed by atoms with Gasteiger partial charge in [0.05, 0.1) is 11.4 Å². The molecule has 4 rings (SSSR count). The number of aromatic nitrogens is 4. The van der Waals surface area contributed by atoms with Crippen molar-refractivity contribution in [2.24, 2.45) is 0 Å². The summed E-state index contributed by atoms with van der Waals surface area (Å²) >= 11 is 0. The number of hydrazine groups is 1. The van der Waals surface area contributed by atoms with Gasteiger partial charge in [-0.1, -0.05) is 18.2 Å². The highest BCUT2D eigenvalue weighted by Gasteiger charge is 2.09. The SMILES string of the molecule is Cc1cc(Nc2ccc(NNC(=O)c3ccc(F)cc3)nn2)n(-c2ccccc2)n1. The van der Waals surface area contributed by atoms with Gasteiger partial charge in [0.25, 0.3) is 5.91 Å². The van der Waals surface area contributed by atoms with Gasteiger partial charge in [-0.05, 0) is 55.5 Å². The summed E-state index contributed by atoms with van der Waals surface area (Å²) in [5.74, 6) is 0.795. The fourth-order valence-corrected chi connectivity index (χ4v) is 2.75. The number of rotatable bonds is 6. The maximum atomic E-state index is 12.9. The summed E-state index contributed by atoms with van der Waals surface area (Å²) in [6, 6.07) is 20.3. The Bertz CT molecular complexity index is 1140. The lowest BCUT2D eigenvalue weighted by Crippen LogP contribution is -2.29. The summed E-state index contributed by atoms with van der Waals surface area (Å²) in [7, 11) is 0. The molecule has 0 bridgehead atoms. The molecule has 4 aromatic rings. The molecule has 0 saturated carbocycles. The van der Waals surface area contributed by atoms with Gasteiger partial charge < -0.3 is 5.32 Å². The van der Waals surface area contributed by atoms with Crippen LogP contribution in [0.5, 0.6) is 0 Å². The molecule has 2 heterocycles. The largest absolute Gasteiger partial charge is 0.323 e. The number of nitrogens with one attached hydrogen (secondary N) is 3. The topological polar surface area (TPSA) is 96.8 Å². The third-order valence-electron chi connectivity index (χ3n) is 4.16. The van der Waals surface area contributed by atoms with Gasteiger partial charge in [0, 0.05) is 11.6 Å². The van der Waals surface area contributed by atoms with E-state index in [4.69, 9.17) is 0 Å². The normalized spacial score (nSPS) is 10.5. The minimum Gasteiger partial charge on any atom is -0.323 e. The number of benzene rings is 2. The van der Waals surface area contributed by atoms with Crippen LogP contribution in [0.15, 0.2) is 72.8 Å². The third kappa shape index (κ3) is 4.41. The average molecular weight is 403 g/mol. The Morgan fingerprint density at radius 3 is 2.33 bits per heavy atom. The van der Waals surface area contributed by atoms with E-state index in [9.17, 15) is 9.18 Å². The number of hydrogen-bond acceptors (Lipinski definition) is 6. The first-order valence-corrected chi connectivity index (χ1v) is 9.13. The van der Waals surface area contributed by atoms with Crippen LogP contribution in [0, 0.1) is 12.7 Å². The second-order valence-electron chi connectivity index (χ2n) is 6.43. The number of anilines is 3. The smallest absolute Gasteiger partial charge is 0.269 e. The summed E-state index contributed by atoms with van der Waals surface area (Å²) in [5.41, 5.74) is 7.26. The van der Waals surface area contributed by atoms with Crippen molar-refractivity contribution in [3.8, 4) is 5.69 Å². The highest BCUT2D eigenvalue weighted by Crippen LogP contribution is 2.20. The number of aryl methyl sites for hydroxylation is 1. The van der Waals surface area contributed by atoms with E-state index in [2.05, 4.69) is 31.5 Å². The van der Waals surface area contributed by atoms with Gasteiger partial charge in [0.1, 0.15) is 11.6 Å². The van der Waals surface area contributed by atoms with Crippen LogP contribution in [0.1, 0.15) is 16.1 Å². The number of halogens is 1. The molecule has 0 spiro atoms. The Kier molecular flexibility index (Phi) is 5.33. The van der Waals surface area contributed by atoms with Crippen molar-refractivity contribution in [2.45, 2.75) is 6.92 Å². The highest BCUT2D eigenvalue weighted by atomic mass is 19.1. The van der Waals surface area contributed by atoms with Gasteiger partial charge in [-0.25, -0.2) is 9.07 Å². The summed E-state index contributed by atoms with van der Waals surface area (Å²) in [6.07, 6.45) is 0. The predicted molar refractivity (Wildman–Crippen MR) is 111 cm³/mol. The second-order valence-corrected chi connectivity index (χ2v) is 6.43. The van der Waals surface area contributed by atoms with Crippen molar-refractivity contribution in [2.75, 3.05) is 10.7 Å². The molecule has 0 unspecified atom stereocenters. The fourth-order valence-electron chi connectivity index (χ4n) is 2.75. The number of carbonyl (C=O) groups is 1. The molecule has 0 aliphatic carbocycles. The van der Waals surface area contributed by atoms with E-state index in [1.807, 2.05) is 43.3 Å². The van der Waals surface area contributed by atoms with E-state index in [0.29, 0.717) is 17.2 Å². The molecule has 2 aromatic carbocycles. The van der Waals surface area contributed by atoms with Crippen LogP contribution in [0.3, 0.4) is 0 Å². The van der Waals surface area contributed by atoms with E-state index in [-0.39, 0.29) is 0 Å². The van der Waals surface area contributed by atoms with Crippen LogP contribution in [0.25, 0.3) is 5.69 Å². The van der Waals surface area contributed by atoms with Crippen LogP contribution < -0.4 is 16.2 Å². The van der Waals surface area contributed by atoms with E-state index < -0.39 is 11.7 Å². The first-order valence-electron chi connectivity index (χ1n) is 9.13. The Hall–Kier alpha value is -4.27. The van der Waals surface area contributed by atoms with E-state index in [0.717, 1.165) is 17.2 Å². The van der Waals surface area contributed by atoms with Crippen LogP contribution in [0.4, 0.5) is 21.8 Å². The zero-order valence-corrected chi connectivity index (χ0v) is 16.0. The average Bonchev–Trinajstić information content (AvgIpc) is 3.14. The molecule has 3 N–H and O–H groups in total. The molecular formula is C21H18FN7O. The lowest BCUT2D eigenvalue weighted by atomic mass is 10.2. The summed E-state index contributed by atoms with van der Waals surface area (Å²) in [5, 5.41) is 15.8. The van der Waals surface area contributed by atoms with Crippen molar-refractivity contribution in [1.82, 2.24) is 25.4 Å². The molecule has 9 heteroatoms. The third-order valence-corrected chi connectivity index (χ3v) is 4.16. The molecule has 0 fully saturated rings. The van der Waals surface area contributed by atoms with Gasteiger partial charge in [-0.3, -0.25) is 15.6 Å². The summed E-state index contributed by atoms with van der Waals surface area (Å²) in [6.45, 7) is 1.91. The number of amides is 1. The van der Waals surface area contributed by atoms with Crippen LogP contribution in [-0.2, 0) is 0 Å². The maximum Gasteiger partial charge on any atom is 0.269 e. The van der Waals surface area contributed by atoms with Crippen LogP contribution in [-0.4, -0.2) is 25.9 Å². The first kappa shape index (κ1) is 19.1. The van der Waals surface area contributed by atoms with Gasteiger partial charge in [-0.15, -0.1) is 10.2 Å². The van der Waals surface area contributed by atoms with Gasteiger partial charge in [0.2, 0.25) is 0 Å². The van der Waals surface area contributed by atoms with Crippen LogP contribution >= 0.6 is 0 Å².